The molecule has 1 aromatic carbocycles. The number of amides is 3. The second-order valence-electron chi connectivity index (χ2n) is 6.46. The Kier molecular flexibility index (Phi) is 6.45. The van der Waals surface area contributed by atoms with Gasteiger partial charge in [-0.1, -0.05) is 37.6 Å². The fraction of sp³-hybridized carbons (Fsp3) is 0.529. The highest BCUT2D eigenvalue weighted by Gasteiger charge is 2.30. The van der Waals surface area contributed by atoms with Crippen molar-refractivity contribution in [3.05, 3.63) is 34.9 Å². The summed E-state index contributed by atoms with van der Waals surface area (Å²) in [5.41, 5.74) is 6.34. The Hall–Kier alpha value is -1.79. The Labute approximate surface area is 147 Å². The monoisotopic (exact) mass is 352 g/mol. The second-order valence-corrected chi connectivity index (χ2v) is 6.90. The molecule has 0 radical (unpaired) electrons. The fourth-order valence-corrected chi connectivity index (χ4v) is 3.10. The third kappa shape index (κ3) is 5.11. The molecule has 2 rings (SSSR count). The first kappa shape index (κ1) is 18.5. The molecule has 0 bridgehead atoms. The molecule has 7 heteroatoms. The van der Waals surface area contributed by atoms with Crippen molar-refractivity contribution < 1.29 is 9.59 Å². The van der Waals surface area contributed by atoms with Crippen LogP contribution < -0.4 is 11.1 Å². The lowest BCUT2D eigenvalue weighted by atomic mass is 10.0. The Morgan fingerprint density at radius 3 is 2.46 bits per heavy atom. The topological polar surface area (TPSA) is 78.7 Å². The van der Waals surface area contributed by atoms with E-state index in [4.69, 9.17) is 17.3 Å². The number of piperazine rings is 1. The van der Waals surface area contributed by atoms with Gasteiger partial charge in [0, 0.05) is 37.7 Å². The quantitative estimate of drug-likeness (QED) is 0.846. The molecule has 1 aliphatic rings. The lowest BCUT2D eigenvalue weighted by Gasteiger charge is -2.37. The minimum Gasteiger partial charge on any atom is -0.352 e. The van der Waals surface area contributed by atoms with E-state index in [2.05, 4.69) is 16.3 Å². The maximum absolute atomic E-state index is 12.6. The summed E-state index contributed by atoms with van der Waals surface area (Å²) in [6.07, 6.45) is 0. The highest BCUT2D eigenvalue weighted by atomic mass is 35.5. The van der Waals surface area contributed by atoms with Gasteiger partial charge in [0.25, 0.3) is 0 Å². The van der Waals surface area contributed by atoms with E-state index in [9.17, 15) is 9.59 Å². The molecule has 0 aliphatic carbocycles. The van der Waals surface area contributed by atoms with E-state index in [-0.39, 0.29) is 11.8 Å². The smallest absolute Gasteiger partial charge is 0.312 e. The van der Waals surface area contributed by atoms with Gasteiger partial charge in [0.1, 0.15) is 6.04 Å². The summed E-state index contributed by atoms with van der Waals surface area (Å²) in [5.74, 6) is -0.0688. The maximum Gasteiger partial charge on any atom is 0.312 e. The summed E-state index contributed by atoms with van der Waals surface area (Å²) in [5, 5.41) is 3.29. The first-order valence-corrected chi connectivity index (χ1v) is 8.56. The number of hydrogen-bond acceptors (Lipinski definition) is 3. The minimum absolute atomic E-state index is 0.00510. The molecule has 0 unspecified atom stereocenters. The lowest BCUT2D eigenvalue weighted by molar-refractivity contribution is -0.136. The summed E-state index contributed by atoms with van der Waals surface area (Å²) in [6, 6.07) is 6.59. The molecule has 1 aromatic rings. The number of urea groups is 1. The zero-order valence-electron chi connectivity index (χ0n) is 14.2. The van der Waals surface area contributed by atoms with E-state index in [1.165, 1.54) is 0 Å². The van der Waals surface area contributed by atoms with E-state index in [1.54, 1.807) is 4.90 Å². The van der Waals surface area contributed by atoms with Crippen molar-refractivity contribution in [1.82, 2.24) is 15.1 Å². The number of nitrogens with zero attached hydrogens (tertiary/aromatic N) is 2. The van der Waals surface area contributed by atoms with Gasteiger partial charge in [-0.3, -0.25) is 9.69 Å². The van der Waals surface area contributed by atoms with Gasteiger partial charge in [0.15, 0.2) is 0 Å². The van der Waals surface area contributed by atoms with Crippen LogP contribution >= 0.6 is 11.6 Å². The Balaban J connectivity index is 1.89. The van der Waals surface area contributed by atoms with Crippen LogP contribution in [0.3, 0.4) is 0 Å². The van der Waals surface area contributed by atoms with Crippen LogP contribution in [-0.2, 0) is 11.3 Å². The number of primary amides is 1. The van der Waals surface area contributed by atoms with Crippen molar-refractivity contribution in [2.45, 2.75) is 26.4 Å². The van der Waals surface area contributed by atoms with Gasteiger partial charge in [-0.15, -0.1) is 0 Å². The SMILES string of the molecule is CC(C)[C@H](NC(N)=O)C(=O)N1CCN(Cc2cccc(Cl)c2)CC1. The average Bonchev–Trinajstić information content (AvgIpc) is 2.52. The normalized spacial score (nSPS) is 16.9. The first-order chi connectivity index (χ1) is 11.4. The summed E-state index contributed by atoms with van der Waals surface area (Å²) in [4.78, 5) is 27.8. The minimum atomic E-state index is -0.665. The van der Waals surface area contributed by atoms with Crippen LogP contribution in [0.5, 0.6) is 0 Å². The molecular formula is C17H25ClN4O2. The second kappa shape index (κ2) is 8.35. The van der Waals surface area contributed by atoms with Gasteiger partial charge >= 0.3 is 6.03 Å². The third-order valence-electron chi connectivity index (χ3n) is 4.21. The van der Waals surface area contributed by atoms with E-state index < -0.39 is 12.1 Å². The van der Waals surface area contributed by atoms with Gasteiger partial charge in [0.2, 0.25) is 5.91 Å². The summed E-state index contributed by atoms with van der Waals surface area (Å²) in [6.45, 7) is 7.48. The summed E-state index contributed by atoms with van der Waals surface area (Å²) in [7, 11) is 0. The highest BCUT2D eigenvalue weighted by Crippen LogP contribution is 2.15. The van der Waals surface area contributed by atoms with E-state index in [0.29, 0.717) is 13.1 Å². The predicted octanol–water partition coefficient (Wildman–Crippen LogP) is 1.68. The largest absolute Gasteiger partial charge is 0.352 e. The molecule has 24 heavy (non-hydrogen) atoms. The molecular weight excluding hydrogens is 328 g/mol. The number of nitrogens with one attached hydrogen (secondary N) is 1. The molecule has 1 saturated heterocycles. The van der Waals surface area contributed by atoms with Crippen molar-refractivity contribution >= 4 is 23.5 Å². The van der Waals surface area contributed by atoms with Gasteiger partial charge in [-0.2, -0.15) is 0 Å². The molecule has 132 valence electrons. The molecule has 0 aromatic heterocycles. The van der Waals surface area contributed by atoms with Crippen molar-refractivity contribution in [2.75, 3.05) is 26.2 Å². The standard InChI is InChI=1S/C17H25ClN4O2/c1-12(2)15(20-17(19)24)16(23)22-8-6-21(7-9-22)11-13-4-3-5-14(18)10-13/h3-5,10,12,15H,6-9,11H2,1-2H3,(H3,19,20,24)/t15-/m0/s1. The number of carbonyl (C=O) groups is 2. The zero-order chi connectivity index (χ0) is 17.7. The van der Waals surface area contributed by atoms with Crippen LogP contribution in [0.15, 0.2) is 24.3 Å². The van der Waals surface area contributed by atoms with Crippen molar-refractivity contribution in [3.8, 4) is 0 Å². The van der Waals surface area contributed by atoms with E-state index in [1.807, 2.05) is 32.0 Å². The Morgan fingerprint density at radius 1 is 1.25 bits per heavy atom. The molecule has 3 N–H and O–H groups in total. The van der Waals surface area contributed by atoms with E-state index >= 15 is 0 Å². The van der Waals surface area contributed by atoms with Crippen molar-refractivity contribution in [2.24, 2.45) is 11.7 Å². The molecule has 1 fully saturated rings. The molecule has 0 saturated carbocycles. The number of rotatable bonds is 5. The molecule has 1 atom stereocenters. The van der Waals surface area contributed by atoms with Crippen LogP contribution in [0.2, 0.25) is 5.02 Å². The molecule has 6 nitrogen and oxygen atoms in total. The number of hydrogen-bond donors (Lipinski definition) is 2. The third-order valence-corrected chi connectivity index (χ3v) is 4.44. The summed E-state index contributed by atoms with van der Waals surface area (Å²) >= 11 is 6.02. The number of benzene rings is 1. The Bertz CT molecular complexity index is 586. The van der Waals surface area contributed by atoms with Crippen LogP contribution in [0.25, 0.3) is 0 Å². The molecule has 1 aliphatic heterocycles. The predicted molar refractivity (Wildman–Crippen MR) is 94.7 cm³/mol. The van der Waals surface area contributed by atoms with Crippen LogP contribution in [0.1, 0.15) is 19.4 Å². The number of halogens is 1. The zero-order valence-corrected chi connectivity index (χ0v) is 14.9. The van der Waals surface area contributed by atoms with Crippen LogP contribution in [-0.4, -0.2) is 54.0 Å². The van der Waals surface area contributed by atoms with Gasteiger partial charge in [0.05, 0.1) is 0 Å². The highest BCUT2D eigenvalue weighted by molar-refractivity contribution is 6.30. The van der Waals surface area contributed by atoms with Crippen molar-refractivity contribution in [1.29, 1.82) is 0 Å². The van der Waals surface area contributed by atoms with Crippen LogP contribution in [0, 0.1) is 5.92 Å². The maximum atomic E-state index is 12.6. The van der Waals surface area contributed by atoms with Crippen molar-refractivity contribution in [3.63, 3.8) is 0 Å². The number of carbonyl (C=O) groups excluding carboxylic acids is 2. The van der Waals surface area contributed by atoms with E-state index in [0.717, 1.165) is 30.2 Å². The lowest BCUT2D eigenvalue weighted by Crippen LogP contribution is -2.57. The fourth-order valence-electron chi connectivity index (χ4n) is 2.88. The van der Waals surface area contributed by atoms with Crippen LogP contribution in [0.4, 0.5) is 4.79 Å². The Morgan fingerprint density at radius 2 is 1.92 bits per heavy atom. The number of nitrogens with two attached hydrogens (primary N) is 1. The van der Waals surface area contributed by atoms with Gasteiger partial charge in [-0.05, 0) is 23.6 Å². The molecule has 0 spiro atoms. The molecule has 3 amide bonds. The average molecular weight is 353 g/mol. The van der Waals surface area contributed by atoms with Gasteiger partial charge < -0.3 is 16.0 Å². The van der Waals surface area contributed by atoms with Gasteiger partial charge in [-0.25, -0.2) is 4.79 Å². The first-order valence-electron chi connectivity index (χ1n) is 8.18. The summed E-state index contributed by atoms with van der Waals surface area (Å²) < 4.78 is 0. The molecule has 1 heterocycles.